The van der Waals surface area contributed by atoms with Crippen molar-refractivity contribution in [3.8, 4) is 17.0 Å². The van der Waals surface area contributed by atoms with Crippen molar-refractivity contribution in [3.63, 3.8) is 0 Å². The Morgan fingerprint density at radius 3 is 2.45 bits per heavy atom. The molecule has 0 saturated carbocycles. The zero-order chi connectivity index (χ0) is 31.2. The Bertz CT molecular complexity index is 1570. The highest BCUT2D eigenvalue weighted by Crippen LogP contribution is 2.41. The molecule has 2 fully saturated rings. The Morgan fingerprint density at radius 2 is 1.80 bits per heavy atom. The highest BCUT2D eigenvalue weighted by atomic mass is 19.4. The number of aliphatic carboxylic acids is 1. The molecule has 13 heteroatoms. The molecule has 1 spiro atoms. The van der Waals surface area contributed by atoms with E-state index in [4.69, 9.17) is 10.5 Å². The van der Waals surface area contributed by atoms with Crippen molar-refractivity contribution in [1.29, 1.82) is 0 Å². The molecule has 3 aliphatic rings. The lowest BCUT2D eigenvalue weighted by molar-refractivity contribution is -0.198. The number of aromatic nitrogens is 2. The third-order valence-corrected chi connectivity index (χ3v) is 8.99. The van der Waals surface area contributed by atoms with Gasteiger partial charge in [-0.3, -0.25) is 9.59 Å². The molecule has 10 nitrogen and oxygen atoms in total. The van der Waals surface area contributed by atoms with Crippen molar-refractivity contribution in [2.45, 2.75) is 44.0 Å². The molecule has 3 aromatic rings. The molecule has 4 heterocycles. The maximum Gasteiger partial charge on any atom is 0.429 e. The number of hydrogen-bond donors (Lipinski definition) is 3. The number of hydrogen-bond acceptors (Lipinski definition) is 8. The second-order valence-corrected chi connectivity index (χ2v) is 11.9. The molecule has 3 aliphatic heterocycles. The van der Waals surface area contributed by atoms with Crippen LogP contribution in [-0.2, 0) is 11.2 Å². The van der Waals surface area contributed by atoms with Gasteiger partial charge in [-0.1, -0.05) is 36.4 Å². The summed E-state index contributed by atoms with van der Waals surface area (Å²) < 4.78 is 48.3. The van der Waals surface area contributed by atoms with Gasteiger partial charge in [0.1, 0.15) is 11.9 Å². The average molecular weight is 611 g/mol. The third kappa shape index (κ3) is 5.88. The summed E-state index contributed by atoms with van der Waals surface area (Å²) >= 11 is 0. The van der Waals surface area contributed by atoms with Crippen molar-refractivity contribution in [2.75, 3.05) is 43.9 Å². The van der Waals surface area contributed by atoms with Crippen molar-refractivity contribution in [2.24, 2.45) is 5.41 Å². The summed E-state index contributed by atoms with van der Waals surface area (Å²) in [5.41, 5.74) is 8.73. The Labute approximate surface area is 252 Å². The second kappa shape index (κ2) is 11.3. The molecule has 1 amide bonds. The highest BCUT2D eigenvalue weighted by Gasteiger charge is 2.45. The highest BCUT2D eigenvalue weighted by molar-refractivity contribution is 5.97. The summed E-state index contributed by atoms with van der Waals surface area (Å²) in [7, 11) is 1.75. The van der Waals surface area contributed by atoms with Gasteiger partial charge in [-0.15, -0.1) is 0 Å². The number of nitrogens with one attached hydrogen (secondary N) is 1. The van der Waals surface area contributed by atoms with Gasteiger partial charge in [-0.05, 0) is 53.9 Å². The summed E-state index contributed by atoms with van der Waals surface area (Å²) in [5.74, 6) is -1.06. The Hall–Kier alpha value is -4.39. The van der Waals surface area contributed by atoms with Gasteiger partial charge >= 0.3 is 12.1 Å². The number of anilines is 2. The molecule has 2 atom stereocenters. The van der Waals surface area contributed by atoms with E-state index in [1.54, 1.807) is 36.2 Å². The van der Waals surface area contributed by atoms with Gasteiger partial charge in [0.05, 0.1) is 0 Å². The number of carbonyl (C=O) groups is 2. The lowest BCUT2D eigenvalue weighted by Gasteiger charge is -2.39. The average Bonchev–Trinajstić information content (AvgIpc) is 3.41. The molecular weight excluding hydrogens is 577 g/mol. The van der Waals surface area contributed by atoms with Crippen LogP contribution in [0.5, 0.6) is 5.88 Å². The molecular formula is C31H33F3N6O4. The number of ether oxygens (including phenoxy) is 1. The van der Waals surface area contributed by atoms with Crippen LogP contribution in [0.15, 0.2) is 48.5 Å². The number of alkyl halides is 3. The van der Waals surface area contributed by atoms with Crippen LogP contribution < -0.4 is 20.7 Å². The smallest absolute Gasteiger partial charge is 0.429 e. The first-order valence-electron chi connectivity index (χ1n) is 14.5. The number of amides is 1. The molecule has 6 rings (SSSR count). The van der Waals surface area contributed by atoms with Gasteiger partial charge in [-0.2, -0.15) is 23.1 Å². The number of carboxylic acids is 1. The quantitative estimate of drug-likeness (QED) is 0.378. The zero-order valence-electron chi connectivity index (χ0n) is 24.1. The normalized spacial score (nSPS) is 20.5. The van der Waals surface area contributed by atoms with E-state index in [2.05, 4.69) is 15.3 Å². The lowest BCUT2D eigenvalue weighted by atomic mass is 9.76. The van der Waals surface area contributed by atoms with Crippen LogP contribution in [0.25, 0.3) is 11.1 Å². The molecule has 4 N–H and O–H groups in total. The Balaban J connectivity index is 1.18. The first-order chi connectivity index (χ1) is 20.9. The molecule has 2 aromatic carbocycles. The lowest BCUT2D eigenvalue weighted by Crippen LogP contribution is -2.41. The van der Waals surface area contributed by atoms with Crippen molar-refractivity contribution < 1.29 is 32.6 Å². The fourth-order valence-electron chi connectivity index (χ4n) is 6.41. The SMILES string of the molecule is CN1CCc2cc(-c3ccc(C(Oc4cc(N5CCC6(CC5)CN[C@H](C(=O)O)C6)nc(N)n4)C(F)(F)F)cc3)ccc2C1=O. The summed E-state index contributed by atoms with van der Waals surface area (Å²) in [6, 6.07) is 12.2. The maximum atomic E-state index is 14.3. The number of carbonyl (C=O) groups excluding carboxylic acids is 1. The van der Waals surface area contributed by atoms with E-state index in [1.165, 1.54) is 18.2 Å². The number of fused-ring (bicyclic) bond motifs is 1. The monoisotopic (exact) mass is 610 g/mol. The van der Waals surface area contributed by atoms with Crippen LogP contribution in [0.3, 0.4) is 0 Å². The minimum atomic E-state index is -4.74. The van der Waals surface area contributed by atoms with Gasteiger partial charge in [0, 0.05) is 50.4 Å². The summed E-state index contributed by atoms with van der Waals surface area (Å²) in [5, 5.41) is 12.4. The number of likely N-dealkylation sites (N-methyl/N-ethyl adjacent to an activating group) is 1. The van der Waals surface area contributed by atoms with E-state index >= 15 is 0 Å². The number of halogens is 3. The van der Waals surface area contributed by atoms with Gasteiger partial charge < -0.3 is 30.7 Å². The molecule has 0 radical (unpaired) electrons. The number of nitrogens with zero attached hydrogens (tertiary/aromatic N) is 4. The molecule has 1 unspecified atom stereocenters. The molecule has 44 heavy (non-hydrogen) atoms. The van der Waals surface area contributed by atoms with Gasteiger partial charge in [0.15, 0.2) is 0 Å². The first kappa shape index (κ1) is 29.7. The summed E-state index contributed by atoms with van der Waals surface area (Å²) in [4.78, 5) is 35.5. The summed E-state index contributed by atoms with van der Waals surface area (Å²) in [6.45, 7) is 2.30. The Kier molecular flexibility index (Phi) is 7.60. The number of nitrogen functional groups attached to an aromatic ring is 1. The minimum absolute atomic E-state index is 0.0453. The van der Waals surface area contributed by atoms with E-state index in [1.807, 2.05) is 11.0 Å². The predicted molar refractivity (Wildman–Crippen MR) is 156 cm³/mol. The van der Waals surface area contributed by atoms with Crippen LogP contribution in [0.1, 0.15) is 46.9 Å². The number of rotatable bonds is 6. The zero-order valence-corrected chi connectivity index (χ0v) is 24.1. The van der Waals surface area contributed by atoms with E-state index < -0.39 is 24.3 Å². The maximum absolute atomic E-state index is 14.3. The largest absolute Gasteiger partial charge is 0.480 e. The van der Waals surface area contributed by atoms with E-state index in [0.717, 1.165) is 11.1 Å². The molecule has 2 saturated heterocycles. The van der Waals surface area contributed by atoms with Crippen molar-refractivity contribution in [3.05, 3.63) is 65.2 Å². The molecule has 1 aromatic heterocycles. The van der Waals surface area contributed by atoms with Gasteiger partial charge in [0.2, 0.25) is 17.9 Å². The number of benzene rings is 2. The predicted octanol–water partition coefficient (Wildman–Crippen LogP) is 4.07. The van der Waals surface area contributed by atoms with E-state index in [0.29, 0.717) is 68.8 Å². The van der Waals surface area contributed by atoms with Gasteiger partial charge in [-0.25, -0.2) is 0 Å². The van der Waals surface area contributed by atoms with E-state index in [9.17, 15) is 27.9 Å². The first-order valence-corrected chi connectivity index (χ1v) is 14.5. The Morgan fingerprint density at radius 1 is 1.09 bits per heavy atom. The fraction of sp³-hybridized carbons (Fsp3) is 0.419. The van der Waals surface area contributed by atoms with Crippen LogP contribution >= 0.6 is 0 Å². The minimum Gasteiger partial charge on any atom is -0.480 e. The van der Waals surface area contributed by atoms with E-state index in [-0.39, 0.29) is 28.7 Å². The fourth-order valence-corrected chi connectivity index (χ4v) is 6.41. The van der Waals surface area contributed by atoms with Crippen LogP contribution in [0.2, 0.25) is 0 Å². The third-order valence-electron chi connectivity index (χ3n) is 8.99. The number of nitrogens with two attached hydrogens (primary N) is 1. The van der Waals surface area contributed by atoms with Gasteiger partial charge in [0.25, 0.3) is 5.91 Å². The van der Waals surface area contributed by atoms with Crippen LogP contribution in [-0.4, -0.2) is 77.3 Å². The standard InChI is InChI=1S/C31H33F3N6O4/c1-39-11-8-21-14-20(6-7-22(21)27(39)41)18-2-4-19(5-3-18)26(31(32,33)34)44-25-15-24(37-29(35)38-25)40-12-9-30(10-13-40)16-23(28(42)43)36-17-30/h2-7,14-15,23,26,36H,8-13,16-17H2,1H3,(H,42,43)(H2,35,37,38)/t23-,26?/m0/s1. The molecule has 0 bridgehead atoms. The topological polar surface area (TPSA) is 134 Å². The second-order valence-electron chi connectivity index (χ2n) is 11.9. The number of piperidine rings is 1. The molecule has 0 aliphatic carbocycles. The number of carboxylic acid groups (broad SMARTS) is 1. The van der Waals surface area contributed by atoms with Crippen molar-refractivity contribution in [1.82, 2.24) is 20.2 Å². The molecule has 232 valence electrons. The van der Waals surface area contributed by atoms with Crippen molar-refractivity contribution >= 4 is 23.6 Å². The van der Waals surface area contributed by atoms with Crippen LogP contribution in [0, 0.1) is 5.41 Å². The summed E-state index contributed by atoms with van der Waals surface area (Å²) in [6.07, 6.45) is -4.38. The van der Waals surface area contributed by atoms with Crippen LogP contribution in [0.4, 0.5) is 24.9 Å².